The monoisotopic (exact) mass is 809 g/mol. The summed E-state index contributed by atoms with van der Waals surface area (Å²) in [5, 5.41) is 2.72. The van der Waals surface area contributed by atoms with E-state index in [1.165, 1.54) is 121 Å². The van der Waals surface area contributed by atoms with Crippen molar-refractivity contribution >= 4 is 27.8 Å². The maximum atomic E-state index is 2.56. The molecule has 0 amide bonds. The number of hydrogen-bond acceptors (Lipinski definition) is 1. The van der Waals surface area contributed by atoms with E-state index in [0.29, 0.717) is 5.92 Å². The lowest BCUT2D eigenvalue weighted by Crippen LogP contribution is -2.28. The first-order valence-corrected chi connectivity index (χ1v) is 23.0. The van der Waals surface area contributed by atoms with Crippen LogP contribution in [0.15, 0.2) is 206 Å². The number of hydrogen-bond donors (Lipinski definition) is 0. The molecule has 0 radical (unpaired) electrons. The van der Waals surface area contributed by atoms with Crippen LogP contribution in [0.2, 0.25) is 0 Å². The molecule has 0 N–H and O–H groups in total. The quantitative estimate of drug-likeness (QED) is 0.155. The Kier molecular flexibility index (Phi) is 8.90. The van der Waals surface area contributed by atoms with E-state index >= 15 is 0 Å². The van der Waals surface area contributed by atoms with Crippen LogP contribution >= 0.6 is 0 Å². The summed E-state index contributed by atoms with van der Waals surface area (Å²) in [6, 6.07) is 78.1. The van der Waals surface area contributed by atoms with Crippen LogP contribution in [0.4, 0.5) is 17.1 Å². The Balaban J connectivity index is 1.12. The van der Waals surface area contributed by atoms with Gasteiger partial charge in [0.2, 0.25) is 0 Å². The van der Waals surface area contributed by atoms with Crippen LogP contribution in [0, 0.1) is 0 Å². The van der Waals surface area contributed by atoms with Crippen molar-refractivity contribution in [3.63, 3.8) is 0 Å². The molecule has 0 spiro atoms. The van der Waals surface area contributed by atoms with E-state index in [0.717, 1.165) is 11.4 Å². The van der Waals surface area contributed by atoms with E-state index in [2.05, 4.69) is 225 Å². The van der Waals surface area contributed by atoms with Crippen molar-refractivity contribution in [3.05, 3.63) is 245 Å². The van der Waals surface area contributed by atoms with E-state index in [9.17, 15) is 0 Å². The Bertz CT molecular complexity index is 3150. The van der Waals surface area contributed by atoms with E-state index in [-0.39, 0.29) is 5.41 Å². The summed E-state index contributed by atoms with van der Waals surface area (Å²) in [7, 11) is 0. The summed E-state index contributed by atoms with van der Waals surface area (Å²) < 4.78 is 0. The maximum absolute atomic E-state index is 2.56. The van der Waals surface area contributed by atoms with Crippen molar-refractivity contribution in [1.82, 2.24) is 0 Å². The lowest BCUT2D eigenvalue weighted by Gasteiger charge is -2.35. The molecule has 0 unspecified atom stereocenters. The van der Waals surface area contributed by atoms with E-state index in [1.54, 1.807) is 0 Å². The molecular weight excluding hydrogens is 759 g/mol. The summed E-state index contributed by atoms with van der Waals surface area (Å²) in [4.78, 5) is 2.56. The van der Waals surface area contributed by atoms with Crippen molar-refractivity contribution < 1.29 is 0 Å². The molecule has 9 aromatic rings. The van der Waals surface area contributed by atoms with Gasteiger partial charge in [0, 0.05) is 22.4 Å². The van der Waals surface area contributed by atoms with Gasteiger partial charge in [-0.1, -0.05) is 209 Å². The highest BCUT2D eigenvalue weighted by Gasteiger charge is 2.46. The second-order valence-electron chi connectivity index (χ2n) is 18.6. The van der Waals surface area contributed by atoms with Crippen molar-refractivity contribution in [2.45, 2.75) is 62.7 Å². The Hall–Kier alpha value is -6.96. The zero-order chi connectivity index (χ0) is 42.1. The van der Waals surface area contributed by atoms with Crippen LogP contribution in [-0.2, 0) is 10.8 Å². The predicted octanol–water partition coefficient (Wildman–Crippen LogP) is 16.7. The van der Waals surface area contributed by atoms with Crippen LogP contribution < -0.4 is 4.90 Å². The zero-order valence-electron chi connectivity index (χ0n) is 36.2. The fraction of sp³-hybridized carbons (Fsp3) is 0.161. The number of benzene rings is 9. The predicted molar refractivity (Wildman–Crippen MR) is 265 cm³/mol. The molecule has 3 aliphatic carbocycles. The first-order valence-electron chi connectivity index (χ1n) is 23.0. The van der Waals surface area contributed by atoms with Crippen molar-refractivity contribution in [2.75, 3.05) is 4.90 Å². The van der Waals surface area contributed by atoms with Gasteiger partial charge < -0.3 is 4.90 Å². The van der Waals surface area contributed by atoms with Crippen LogP contribution in [0.1, 0.15) is 90.8 Å². The Morgan fingerprint density at radius 1 is 0.397 bits per heavy atom. The van der Waals surface area contributed by atoms with Crippen molar-refractivity contribution in [1.29, 1.82) is 0 Å². The fourth-order valence-electron chi connectivity index (χ4n) is 12.1. The van der Waals surface area contributed by atoms with Crippen LogP contribution in [-0.4, -0.2) is 0 Å². The van der Waals surface area contributed by atoms with E-state index in [4.69, 9.17) is 0 Å². The molecule has 0 saturated heterocycles. The van der Waals surface area contributed by atoms with Crippen LogP contribution in [0.25, 0.3) is 44.2 Å². The zero-order valence-corrected chi connectivity index (χ0v) is 36.2. The van der Waals surface area contributed by atoms with Gasteiger partial charge in [0.05, 0.1) is 11.1 Å². The largest absolute Gasteiger partial charge is 0.310 e. The fourth-order valence-corrected chi connectivity index (χ4v) is 12.1. The molecule has 3 aliphatic rings. The summed E-state index contributed by atoms with van der Waals surface area (Å²) >= 11 is 0. The maximum Gasteiger partial charge on any atom is 0.0714 e. The third-order valence-electron chi connectivity index (χ3n) is 14.9. The van der Waals surface area contributed by atoms with E-state index < -0.39 is 5.41 Å². The summed E-state index contributed by atoms with van der Waals surface area (Å²) in [6.45, 7) is 4.78. The highest BCUT2D eigenvalue weighted by Crippen LogP contribution is 2.57. The first-order chi connectivity index (χ1) is 31.0. The molecule has 1 heteroatoms. The summed E-state index contributed by atoms with van der Waals surface area (Å²) in [5.41, 5.74) is 20.1. The second-order valence-corrected chi connectivity index (χ2v) is 18.6. The molecule has 304 valence electrons. The molecule has 0 heterocycles. The minimum absolute atomic E-state index is 0.145. The first kappa shape index (κ1) is 37.8. The third kappa shape index (κ3) is 5.75. The van der Waals surface area contributed by atoms with Gasteiger partial charge in [-0.2, -0.15) is 0 Å². The smallest absolute Gasteiger partial charge is 0.0714 e. The Labute approximate surface area is 372 Å². The van der Waals surface area contributed by atoms with Gasteiger partial charge in [-0.25, -0.2) is 0 Å². The number of nitrogens with zero attached hydrogens (tertiary/aromatic N) is 1. The Morgan fingerprint density at radius 2 is 0.937 bits per heavy atom. The lowest BCUT2D eigenvalue weighted by molar-refractivity contribution is 0.445. The number of anilines is 3. The average Bonchev–Trinajstić information content (AvgIpc) is 3.77. The van der Waals surface area contributed by atoms with Gasteiger partial charge in [-0.15, -0.1) is 0 Å². The van der Waals surface area contributed by atoms with Gasteiger partial charge in [0.25, 0.3) is 0 Å². The van der Waals surface area contributed by atoms with Gasteiger partial charge in [0.1, 0.15) is 0 Å². The molecule has 1 nitrogen and oxygen atoms in total. The molecule has 0 aliphatic heterocycles. The van der Waals surface area contributed by atoms with Gasteiger partial charge in [-0.05, 0) is 127 Å². The lowest BCUT2D eigenvalue weighted by atomic mass is 9.67. The molecular formula is C62H51N. The molecule has 0 bridgehead atoms. The summed E-state index contributed by atoms with van der Waals surface area (Å²) in [6.07, 6.45) is 6.48. The van der Waals surface area contributed by atoms with Crippen LogP contribution in [0.5, 0.6) is 0 Å². The highest BCUT2D eigenvalue weighted by atomic mass is 15.1. The molecule has 63 heavy (non-hydrogen) atoms. The normalized spacial score (nSPS) is 15.7. The van der Waals surface area contributed by atoms with Gasteiger partial charge in [-0.3, -0.25) is 0 Å². The number of rotatable bonds is 7. The molecule has 1 fully saturated rings. The second kappa shape index (κ2) is 14.8. The Morgan fingerprint density at radius 3 is 1.67 bits per heavy atom. The van der Waals surface area contributed by atoms with Gasteiger partial charge in [0.15, 0.2) is 0 Å². The molecule has 0 aromatic heterocycles. The molecule has 9 aromatic carbocycles. The SMILES string of the molecule is CC1(C)c2ccccc2-c2ccc(N(c3cccc(C4(c5ccccc5)c5ccccc5-c5ccccc54)c3)c3ccccc3-c3cccc4cccc(C5CCCCC5)c34)cc21. The average molecular weight is 810 g/mol. The van der Waals surface area contributed by atoms with E-state index in [1.807, 2.05) is 0 Å². The van der Waals surface area contributed by atoms with Crippen LogP contribution in [0.3, 0.4) is 0 Å². The molecule has 1 saturated carbocycles. The molecule has 12 rings (SSSR count). The minimum atomic E-state index is -0.512. The summed E-state index contributed by atoms with van der Waals surface area (Å²) in [5.74, 6) is 0.579. The minimum Gasteiger partial charge on any atom is -0.310 e. The molecule has 0 atom stereocenters. The topological polar surface area (TPSA) is 3.24 Å². The number of para-hydroxylation sites is 1. The third-order valence-corrected chi connectivity index (χ3v) is 14.9. The number of fused-ring (bicyclic) bond motifs is 7. The van der Waals surface area contributed by atoms with Crippen molar-refractivity contribution in [2.24, 2.45) is 0 Å². The van der Waals surface area contributed by atoms with Crippen molar-refractivity contribution in [3.8, 4) is 33.4 Å². The highest BCUT2D eigenvalue weighted by molar-refractivity contribution is 6.03. The standard InChI is InChI=1S/C62H51N/c1-61(2)55-34-13-9-28-49(55)52-39-38-47(41-58(52)61)63(59-37-16-12-31-53(59)54-33-18-23-43-22-17-32-48(60(43)54)42-20-5-3-6-21-42)46-27-19-26-45(40-46)62(44-24-7-4-8-25-44)56-35-14-10-29-50(56)51-30-11-15-36-57(51)62/h4,7-19,22-42H,3,5-6,20-21H2,1-2H3. The van der Waals surface area contributed by atoms with Gasteiger partial charge >= 0.3 is 0 Å².